The van der Waals surface area contributed by atoms with E-state index in [0.717, 1.165) is 36.1 Å². The summed E-state index contributed by atoms with van der Waals surface area (Å²) in [5, 5.41) is 0.742. The molecule has 0 fully saturated rings. The molecule has 0 amide bonds. The highest BCUT2D eigenvalue weighted by Crippen LogP contribution is 2.19. The van der Waals surface area contributed by atoms with Crippen molar-refractivity contribution in [3.05, 3.63) is 39.9 Å². The van der Waals surface area contributed by atoms with E-state index in [1.54, 1.807) is 0 Å². The van der Waals surface area contributed by atoms with E-state index in [2.05, 4.69) is 15.6 Å². The number of fused-ring (bicyclic) bond motifs is 3. The van der Waals surface area contributed by atoms with E-state index >= 15 is 0 Å². The number of nitrogens with zero attached hydrogens (tertiary/aromatic N) is 2. The second kappa shape index (κ2) is 2.92. The molecule has 0 atom stereocenters. The zero-order valence-electron chi connectivity index (χ0n) is 8.66. The third-order valence-corrected chi connectivity index (χ3v) is 3.00. The molecule has 3 heteroatoms. The Morgan fingerprint density at radius 3 is 3.13 bits per heavy atom. The highest BCUT2D eigenvalue weighted by molar-refractivity contribution is 5.79. The van der Waals surface area contributed by atoms with Gasteiger partial charge in [0.25, 0.3) is 5.56 Å². The predicted octanol–water partition coefficient (Wildman–Crippen LogP) is 1.65. The van der Waals surface area contributed by atoms with Crippen molar-refractivity contribution >= 4 is 10.9 Å². The van der Waals surface area contributed by atoms with Crippen molar-refractivity contribution in [2.75, 3.05) is 0 Å². The van der Waals surface area contributed by atoms with Gasteiger partial charge in [0.1, 0.15) is 5.82 Å². The maximum absolute atomic E-state index is 11.7. The van der Waals surface area contributed by atoms with Gasteiger partial charge in [0, 0.05) is 13.0 Å². The Morgan fingerprint density at radius 1 is 1.40 bits per heavy atom. The minimum absolute atomic E-state index is 0.0850. The van der Waals surface area contributed by atoms with E-state index in [0.29, 0.717) is 0 Å². The second-order valence-corrected chi connectivity index (χ2v) is 4.11. The highest BCUT2D eigenvalue weighted by Gasteiger charge is 2.15. The van der Waals surface area contributed by atoms with Crippen molar-refractivity contribution in [2.45, 2.75) is 26.3 Å². The first-order chi connectivity index (χ1) is 7.25. The summed E-state index contributed by atoms with van der Waals surface area (Å²) in [4.78, 5) is 15.8. The molecule has 0 saturated carbocycles. The quantitative estimate of drug-likeness (QED) is 0.648. The van der Waals surface area contributed by atoms with Gasteiger partial charge in [0.2, 0.25) is 0 Å². The topological polar surface area (TPSA) is 34.9 Å². The average molecular weight is 200 g/mol. The molecule has 76 valence electrons. The summed E-state index contributed by atoms with van der Waals surface area (Å²) in [6.45, 7) is 3.04. The van der Waals surface area contributed by atoms with Crippen LogP contribution in [0.4, 0.5) is 0 Å². The van der Waals surface area contributed by atoms with Crippen LogP contribution in [0.5, 0.6) is 0 Å². The predicted molar refractivity (Wildman–Crippen MR) is 59.1 cm³/mol. The summed E-state index contributed by atoms with van der Waals surface area (Å²) >= 11 is 0. The molecule has 1 aliphatic rings. The van der Waals surface area contributed by atoms with Crippen molar-refractivity contribution < 1.29 is 0 Å². The van der Waals surface area contributed by atoms with E-state index < -0.39 is 0 Å². The molecule has 2 heterocycles. The Labute approximate surface area is 87.4 Å². The van der Waals surface area contributed by atoms with Gasteiger partial charge >= 0.3 is 0 Å². The summed E-state index contributed by atoms with van der Waals surface area (Å²) in [6, 6.07) is 5.92. The van der Waals surface area contributed by atoms with Gasteiger partial charge in [-0.05, 0) is 31.0 Å². The SMILES string of the molecule is Cc1ccc2c(=O)nc3n(c2c1)CCC3. The lowest BCUT2D eigenvalue weighted by Gasteiger charge is -2.08. The molecule has 0 bridgehead atoms. The Morgan fingerprint density at radius 2 is 2.27 bits per heavy atom. The van der Waals surface area contributed by atoms with Crippen LogP contribution in [0.2, 0.25) is 0 Å². The van der Waals surface area contributed by atoms with Gasteiger partial charge in [-0.2, -0.15) is 4.98 Å². The van der Waals surface area contributed by atoms with Gasteiger partial charge in [0.15, 0.2) is 0 Å². The van der Waals surface area contributed by atoms with E-state index in [4.69, 9.17) is 0 Å². The summed E-state index contributed by atoms with van der Waals surface area (Å²) < 4.78 is 2.17. The van der Waals surface area contributed by atoms with Crippen LogP contribution in [0, 0.1) is 6.92 Å². The normalized spacial score (nSPS) is 14.5. The van der Waals surface area contributed by atoms with Crippen LogP contribution in [-0.2, 0) is 13.0 Å². The summed E-state index contributed by atoms with van der Waals surface area (Å²) in [5.41, 5.74) is 2.15. The van der Waals surface area contributed by atoms with Crippen molar-refractivity contribution in [1.29, 1.82) is 0 Å². The number of hydrogen-bond acceptors (Lipinski definition) is 2. The first kappa shape index (κ1) is 8.65. The molecule has 1 aromatic carbocycles. The summed E-state index contributed by atoms with van der Waals surface area (Å²) in [7, 11) is 0. The smallest absolute Gasteiger partial charge is 0.280 e. The lowest BCUT2D eigenvalue weighted by molar-refractivity contribution is 0.762. The van der Waals surface area contributed by atoms with E-state index in [9.17, 15) is 4.79 Å². The van der Waals surface area contributed by atoms with Crippen molar-refractivity contribution in [2.24, 2.45) is 0 Å². The summed E-state index contributed by atoms with van der Waals surface area (Å²) in [6.07, 6.45) is 2.03. The minimum Gasteiger partial charge on any atom is -0.329 e. The molecule has 1 aliphatic heterocycles. The first-order valence-electron chi connectivity index (χ1n) is 5.26. The van der Waals surface area contributed by atoms with E-state index in [1.165, 1.54) is 5.56 Å². The van der Waals surface area contributed by atoms with Gasteiger partial charge in [0.05, 0.1) is 10.9 Å². The molecular formula is C12H12N2O. The zero-order valence-corrected chi connectivity index (χ0v) is 8.66. The molecule has 15 heavy (non-hydrogen) atoms. The molecule has 0 saturated heterocycles. The number of hydrogen-bond donors (Lipinski definition) is 0. The number of benzene rings is 1. The maximum Gasteiger partial charge on any atom is 0.280 e. The Balaban J connectivity index is 2.51. The van der Waals surface area contributed by atoms with Crippen LogP contribution < -0.4 is 5.56 Å². The Kier molecular flexibility index (Phi) is 1.69. The molecule has 2 aromatic rings. The van der Waals surface area contributed by atoms with Crippen molar-refractivity contribution in [1.82, 2.24) is 9.55 Å². The van der Waals surface area contributed by atoms with Crippen LogP contribution in [0.25, 0.3) is 10.9 Å². The first-order valence-corrected chi connectivity index (χ1v) is 5.26. The molecule has 0 N–H and O–H groups in total. The standard InChI is InChI=1S/C12H12N2O/c1-8-4-5-9-10(7-8)14-6-2-3-11(14)13-12(9)15/h4-5,7H,2-3,6H2,1H3. The van der Waals surface area contributed by atoms with Crippen LogP contribution in [0.1, 0.15) is 17.8 Å². The van der Waals surface area contributed by atoms with Gasteiger partial charge in [-0.1, -0.05) is 6.07 Å². The molecular weight excluding hydrogens is 188 g/mol. The average Bonchev–Trinajstić information content (AvgIpc) is 2.65. The van der Waals surface area contributed by atoms with Crippen molar-refractivity contribution in [3.63, 3.8) is 0 Å². The van der Waals surface area contributed by atoms with Gasteiger partial charge in [-0.3, -0.25) is 4.79 Å². The molecule has 0 aliphatic carbocycles. The third kappa shape index (κ3) is 1.19. The molecule has 0 unspecified atom stereocenters. The Bertz CT molecular complexity index is 598. The largest absolute Gasteiger partial charge is 0.329 e. The minimum atomic E-state index is -0.0850. The number of aromatic nitrogens is 2. The number of rotatable bonds is 0. The fourth-order valence-corrected chi connectivity index (χ4v) is 2.26. The van der Waals surface area contributed by atoms with Gasteiger partial charge in [-0.15, -0.1) is 0 Å². The maximum atomic E-state index is 11.7. The summed E-state index contributed by atoms with van der Waals surface area (Å²) in [5.74, 6) is 0.943. The fraction of sp³-hybridized carbons (Fsp3) is 0.333. The molecule has 3 nitrogen and oxygen atoms in total. The second-order valence-electron chi connectivity index (χ2n) is 4.11. The third-order valence-electron chi connectivity index (χ3n) is 3.00. The van der Waals surface area contributed by atoms with Crippen LogP contribution in [0.15, 0.2) is 23.0 Å². The Hall–Kier alpha value is -1.64. The highest BCUT2D eigenvalue weighted by atomic mass is 16.1. The van der Waals surface area contributed by atoms with E-state index in [-0.39, 0.29) is 5.56 Å². The monoisotopic (exact) mass is 200 g/mol. The lowest BCUT2D eigenvalue weighted by atomic mass is 10.2. The van der Waals surface area contributed by atoms with Crippen LogP contribution >= 0.6 is 0 Å². The van der Waals surface area contributed by atoms with E-state index in [1.807, 2.05) is 19.1 Å². The van der Waals surface area contributed by atoms with Crippen LogP contribution in [-0.4, -0.2) is 9.55 Å². The molecule has 0 radical (unpaired) electrons. The lowest BCUT2D eigenvalue weighted by Crippen LogP contribution is -2.14. The van der Waals surface area contributed by atoms with Gasteiger partial charge < -0.3 is 4.57 Å². The zero-order chi connectivity index (χ0) is 10.4. The van der Waals surface area contributed by atoms with Gasteiger partial charge in [-0.25, -0.2) is 0 Å². The number of aryl methyl sites for hydroxylation is 3. The fourth-order valence-electron chi connectivity index (χ4n) is 2.26. The molecule has 1 aromatic heterocycles. The van der Waals surface area contributed by atoms with Crippen LogP contribution in [0.3, 0.4) is 0 Å². The van der Waals surface area contributed by atoms with Crippen molar-refractivity contribution in [3.8, 4) is 0 Å². The molecule has 0 spiro atoms. The molecule has 3 rings (SSSR count).